The molecule has 3 aliphatic heterocycles. The molecule has 0 N–H and O–H groups in total. The van der Waals surface area contributed by atoms with Crippen LogP contribution in [0.25, 0.3) is 0 Å². The Kier molecular flexibility index (Phi) is 6.92. The number of fused-ring (bicyclic) bond motifs is 1. The Labute approximate surface area is 228 Å². The van der Waals surface area contributed by atoms with E-state index in [1.165, 1.54) is 11.8 Å². The second kappa shape index (κ2) is 9.71. The minimum atomic E-state index is -0.558. The van der Waals surface area contributed by atoms with Gasteiger partial charge in [0.25, 0.3) is 5.91 Å². The van der Waals surface area contributed by atoms with E-state index in [1.54, 1.807) is 0 Å². The number of benzene rings is 2. The van der Waals surface area contributed by atoms with Gasteiger partial charge in [-0.1, -0.05) is 61.3 Å². The normalized spacial score (nSPS) is 26.6. The van der Waals surface area contributed by atoms with Crippen molar-refractivity contribution in [2.45, 2.75) is 45.3 Å². The Balaban J connectivity index is 1.60. The van der Waals surface area contributed by atoms with Crippen molar-refractivity contribution < 1.29 is 4.79 Å². The molecule has 0 saturated carbocycles. The summed E-state index contributed by atoms with van der Waals surface area (Å²) in [5, 5.41) is 2.27. The molecule has 0 unspecified atom stereocenters. The van der Waals surface area contributed by atoms with Crippen LogP contribution in [-0.4, -0.2) is 58.5 Å². The molecule has 8 heteroatoms. The van der Waals surface area contributed by atoms with E-state index in [4.69, 9.17) is 28.2 Å². The summed E-state index contributed by atoms with van der Waals surface area (Å²) in [7, 11) is 2.12. The predicted octanol–water partition coefficient (Wildman–Crippen LogP) is 6.40. The molecular weight excluding hydrogens is 511 g/mol. The molecule has 2 aromatic carbocycles. The van der Waals surface area contributed by atoms with Crippen molar-refractivity contribution in [1.29, 1.82) is 0 Å². The van der Waals surface area contributed by atoms with Crippen molar-refractivity contribution in [1.82, 2.24) is 14.7 Å². The van der Waals surface area contributed by atoms with Gasteiger partial charge in [0.15, 0.2) is 5.17 Å². The van der Waals surface area contributed by atoms with Crippen molar-refractivity contribution in [2.75, 3.05) is 26.7 Å². The topological polar surface area (TPSA) is 39.2 Å². The molecule has 3 aliphatic rings. The van der Waals surface area contributed by atoms with Gasteiger partial charge in [0.05, 0.1) is 6.04 Å². The Morgan fingerprint density at radius 3 is 2.25 bits per heavy atom. The highest BCUT2D eigenvalue weighted by Crippen LogP contribution is 2.56. The van der Waals surface area contributed by atoms with Crippen molar-refractivity contribution in [3.05, 3.63) is 80.3 Å². The molecule has 3 atom stereocenters. The highest BCUT2D eigenvalue weighted by molar-refractivity contribution is 8.18. The first-order chi connectivity index (χ1) is 17.1. The Hall–Kier alpha value is -1.99. The first kappa shape index (κ1) is 25.7. The van der Waals surface area contributed by atoms with Crippen molar-refractivity contribution in [2.24, 2.45) is 10.9 Å². The van der Waals surface area contributed by atoms with E-state index < -0.39 is 5.54 Å². The standard InChI is InChI=1S/C28H32Cl2N4OS/c1-17(2)23-24(26(35)33-15-14-32(5)18(3)16-33)36-27-31-28(4,20-8-12-22(30)13-9-20)25(34(23)27)19-6-10-21(29)11-7-19/h6-13,17-18,25H,14-16H2,1-5H3/t18-,25-,28-/m0/s1. The summed E-state index contributed by atoms with van der Waals surface area (Å²) >= 11 is 14.0. The minimum Gasteiger partial charge on any atom is -0.335 e. The number of likely N-dealkylation sites (N-methyl/N-ethyl adjacent to an activating group) is 1. The first-order valence-corrected chi connectivity index (χ1v) is 14.0. The van der Waals surface area contributed by atoms with Crippen LogP contribution in [-0.2, 0) is 10.3 Å². The van der Waals surface area contributed by atoms with Crippen LogP contribution in [0.5, 0.6) is 0 Å². The molecule has 1 amide bonds. The number of carbonyl (C=O) groups excluding carboxylic acids is 1. The van der Waals surface area contributed by atoms with E-state index >= 15 is 0 Å². The second-order valence-electron chi connectivity index (χ2n) is 10.4. The molecular formula is C28H32Cl2N4OS. The maximum Gasteiger partial charge on any atom is 0.262 e. The molecule has 5 rings (SSSR count). The number of hydrogen-bond acceptors (Lipinski definition) is 5. The summed E-state index contributed by atoms with van der Waals surface area (Å²) in [5.41, 5.74) is 2.68. The monoisotopic (exact) mass is 542 g/mol. The molecule has 0 aliphatic carbocycles. The lowest BCUT2D eigenvalue weighted by molar-refractivity contribution is -0.129. The number of rotatable bonds is 4. The van der Waals surface area contributed by atoms with E-state index in [2.05, 4.69) is 68.8 Å². The number of amidine groups is 1. The number of amides is 1. The number of carbonyl (C=O) groups is 1. The molecule has 5 nitrogen and oxygen atoms in total. The van der Waals surface area contributed by atoms with Gasteiger partial charge in [0, 0.05) is 41.4 Å². The fraction of sp³-hybridized carbons (Fsp3) is 0.429. The second-order valence-corrected chi connectivity index (χ2v) is 12.3. The van der Waals surface area contributed by atoms with E-state index in [9.17, 15) is 4.79 Å². The zero-order valence-electron chi connectivity index (χ0n) is 21.3. The maximum absolute atomic E-state index is 13.9. The lowest BCUT2D eigenvalue weighted by Gasteiger charge is -2.39. The summed E-state index contributed by atoms with van der Waals surface area (Å²) in [4.78, 5) is 26.6. The van der Waals surface area contributed by atoms with Gasteiger partial charge in [-0.3, -0.25) is 4.79 Å². The zero-order chi connectivity index (χ0) is 25.8. The Bertz CT molecular complexity index is 1230. The van der Waals surface area contributed by atoms with Gasteiger partial charge >= 0.3 is 0 Å². The molecule has 36 heavy (non-hydrogen) atoms. The smallest absolute Gasteiger partial charge is 0.262 e. The summed E-state index contributed by atoms with van der Waals surface area (Å²) in [5.74, 6) is 0.264. The maximum atomic E-state index is 13.9. The van der Waals surface area contributed by atoms with Crippen molar-refractivity contribution in [3.63, 3.8) is 0 Å². The molecule has 2 aromatic rings. The molecule has 0 radical (unpaired) electrons. The Morgan fingerprint density at radius 1 is 1.06 bits per heavy atom. The molecule has 1 fully saturated rings. The fourth-order valence-corrected chi connectivity index (χ4v) is 7.07. The molecule has 0 aromatic heterocycles. The van der Waals surface area contributed by atoms with Crippen LogP contribution in [0.2, 0.25) is 10.0 Å². The number of aliphatic imine (C=N–C) groups is 1. The SMILES string of the molecule is CC(C)C1=C(C(=O)N2CCN(C)[C@@H](C)C2)SC2=N[C@@](C)(c3ccc(Cl)cc3)[C@H](c3ccc(Cl)cc3)N21. The third-order valence-corrected chi connectivity index (χ3v) is 9.17. The quantitative estimate of drug-likeness (QED) is 0.448. The predicted molar refractivity (Wildman–Crippen MR) is 150 cm³/mol. The van der Waals surface area contributed by atoms with Crippen LogP contribution < -0.4 is 0 Å². The van der Waals surface area contributed by atoms with Crippen LogP contribution in [0.4, 0.5) is 0 Å². The third-order valence-electron chi connectivity index (χ3n) is 7.61. The number of hydrogen-bond donors (Lipinski definition) is 0. The molecule has 0 spiro atoms. The highest BCUT2D eigenvalue weighted by atomic mass is 35.5. The molecule has 1 saturated heterocycles. The number of piperazine rings is 1. The van der Waals surface area contributed by atoms with Gasteiger partial charge in [0.2, 0.25) is 0 Å². The summed E-state index contributed by atoms with van der Waals surface area (Å²) in [6, 6.07) is 16.2. The van der Waals surface area contributed by atoms with Gasteiger partial charge in [0.1, 0.15) is 10.4 Å². The van der Waals surface area contributed by atoms with Gasteiger partial charge in [-0.05, 0) is 74.0 Å². The summed E-state index contributed by atoms with van der Waals surface area (Å²) in [6.07, 6.45) is 0. The average Bonchev–Trinajstić information content (AvgIpc) is 3.34. The van der Waals surface area contributed by atoms with Gasteiger partial charge < -0.3 is 14.7 Å². The van der Waals surface area contributed by atoms with Crippen LogP contribution in [0.15, 0.2) is 64.1 Å². The number of halogens is 2. The van der Waals surface area contributed by atoms with Gasteiger partial charge in [-0.15, -0.1) is 0 Å². The summed E-state index contributed by atoms with van der Waals surface area (Å²) < 4.78 is 0. The number of nitrogens with zero attached hydrogens (tertiary/aromatic N) is 4. The van der Waals surface area contributed by atoms with E-state index in [-0.39, 0.29) is 17.9 Å². The molecule has 3 heterocycles. The van der Waals surface area contributed by atoms with Crippen LogP contribution in [0.1, 0.15) is 44.9 Å². The van der Waals surface area contributed by atoms with E-state index in [1.807, 2.05) is 29.2 Å². The van der Waals surface area contributed by atoms with Gasteiger partial charge in [-0.25, -0.2) is 4.99 Å². The van der Waals surface area contributed by atoms with Crippen LogP contribution in [0, 0.1) is 5.92 Å². The minimum absolute atomic E-state index is 0.115. The fourth-order valence-electron chi connectivity index (χ4n) is 5.44. The van der Waals surface area contributed by atoms with Gasteiger partial charge in [-0.2, -0.15) is 0 Å². The lowest BCUT2D eigenvalue weighted by Crippen LogP contribution is -2.52. The first-order valence-electron chi connectivity index (χ1n) is 12.4. The van der Waals surface area contributed by atoms with Crippen molar-refractivity contribution in [3.8, 4) is 0 Å². The average molecular weight is 544 g/mol. The van der Waals surface area contributed by atoms with E-state index in [0.29, 0.717) is 16.1 Å². The summed E-state index contributed by atoms with van der Waals surface area (Å²) in [6.45, 7) is 11.0. The van der Waals surface area contributed by atoms with Crippen LogP contribution >= 0.6 is 35.0 Å². The zero-order valence-corrected chi connectivity index (χ0v) is 23.7. The molecule has 190 valence electrons. The van der Waals surface area contributed by atoms with Crippen LogP contribution in [0.3, 0.4) is 0 Å². The highest BCUT2D eigenvalue weighted by Gasteiger charge is 2.53. The molecule has 0 bridgehead atoms. The van der Waals surface area contributed by atoms with E-state index in [0.717, 1.165) is 46.5 Å². The lowest BCUT2D eigenvalue weighted by atomic mass is 9.81. The number of allylic oxidation sites excluding steroid dienone is 1. The third kappa shape index (κ3) is 4.36. The number of thioether (sulfide) groups is 1. The largest absolute Gasteiger partial charge is 0.335 e. The van der Waals surface area contributed by atoms with Crippen molar-refractivity contribution >= 4 is 46.0 Å². The Morgan fingerprint density at radius 2 is 1.67 bits per heavy atom.